The molecular weight excluding hydrogens is 479 g/mol. The Bertz CT molecular complexity index is 1240. The number of aliphatic hydroxyl groups excluding tert-OH is 1. The minimum absolute atomic E-state index is 0.00273. The number of carbonyl (C=O) groups excluding carboxylic acids is 1. The number of nitrogens with two attached hydrogens (primary N) is 1. The number of halogens is 2. The number of nitrogens with one attached hydrogen (secondary N) is 2. The Morgan fingerprint density at radius 2 is 1.97 bits per heavy atom. The summed E-state index contributed by atoms with van der Waals surface area (Å²) >= 11 is 12.8. The highest BCUT2D eigenvalue weighted by Crippen LogP contribution is 2.39. The zero-order valence-electron chi connectivity index (χ0n) is 18.4. The SMILES string of the molecule is C[C@@H](CO)Nc1ncc2nc(Nc3c(Cl)cc(C#N)cc3Cl)n(C3CCC(C(N)=O)CC3)c2n1. The van der Waals surface area contributed by atoms with Crippen LogP contribution in [0.2, 0.25) is 10.0 Å². The summed E-state index contributed by atoms with van der Waals surface area (Å²) in [6.07, 6.45) is 4.35. The highest BCUT2D eigenvalue weighted by Gasteiger charge is 2.29. The zero-order valence-corrected chi connectivity index (χ0v) is 19.9. The van der Waals surface area contributed by atoms with Crippen LogP contribution in [0, 0.1) is 17.2 Å². The molecule has 5 N–H and O–H groups in total. The number of hydrogen-bond donors (Lipinski definition) is 4. The topological polar surface area (TPSA) is 155 Å². The van der Waals surface area contributed by atoms with E-state index in [1.165, 1.54) is 12.1 Å². The van der Waals surface area contributed by atoms with Crippen LogP contribution in [-0.4, -0.2) is 43.2 Å². The summed E-state index contributed by atoms with van der Waals surface area (Å²) in [6, 6.07) is 4.85. The summed E-state index contributed by atoms with van der Waals surface area (Å²) in [7, 11) is 0. The fraction of sp³-hybridized carbons (Fsp3) is 0.409. The lowest BCUT2D eigenvalue weighted by atomic mass is 9.85. The summed E-state index contributed by atoms with van der Waals surface area (Å²) in [4.78, 5) is 25.3. The van der Waals surface area contributed by atoms with Crippen LogP contribution in [0.15, 0.2) is 18.3 Å². The maximum atomic E-state index is 11.7. The van der Waals surface area contributed by atoms with Crippen LogP contribution >= 0.6 is 23.2 Å². The van der Waals surface area contributed by atoms with E-state index < -0.39 is 0 Å². The van der Waals surface area contributed by atoms with Gasteiger partial charge in [0, 0.05) is 18.0 Å². The van der Waals surface area contributed by atoms with E-state index in [2.05, 4.69) is 25.6 Å². The van der Waals surface area contributed by atoms with Crippen molar-refractivity contribution in [2.45, 2.75) is 44.7 Å². The third-order valence-corrected chi connectivity index (χ3v) is 6.55. The number of hydrogen-bond acceptors (Lipinski definition) is 8. The van der Waals surface area contributed by atoms with Gasteiger partial charge in [-0.1, -0.05) is 23.2 Å². The first kappa shape index (κ1) is 24.0. The average molecular weight is 503 g/mol. The van der Waals surface area contributed by atoms with Crippen molar-refractivity contribution in [3.63, 3.8) is 0 Å². The molecule has 0 radical (unpaired) electrons. The third kappa shape index (κ3) is 4.87. The average Bonchev–Trinajstić information content (AvgIpc) is 3.18. The molecule has 4 rings (SSSR count). The van der Waals surface area contributed by atoms with Gasteiger partial charge in [0.1, 0.15) is 5.52 Å². The van der Waals surface area contributed by atoms with Crippen molar-refractivity contribution in [3.05, 3.63) is 33.9 Å². The molecule has 2 aromatic heterocycles. The molecule has 0 unspecified atom stereocenters. The van der Waals surface area contributed by atoms with E-state index in [4.69, 9.17) is 34.2 Å². The molecule has 0 spiro atoms. The quantitative estimate of drug-likeness (QED) is 0.380. The highest BCUT2D eigenvalue weighted by atomic mass is 35.5. The van der Waals surface area contributed by atoms with Crippen LogP contribution in [0.5, 0.6) is 0 Å². The minimum atomic E-state index is -0.282. The number of aliphatic hydroxyl groups is 1. The monoisotopic (exact) mass is 502 g/mol. The molecule has 1 amide bonds. The van der Waals surface area contributed by atoms with Crippen molar-refractivity contribution in [2.24, 2.45) is 11.7 Å². The van der Waals surface area contributed by atoms with E-state index >= 15 is 0 Å². The molecule has 10 nitrogen and oxygen atoms in total. The van der Waals surface area contributed by atoms with Crippen LogP contribution in [0.1, 0.15) is 44.2 Å². The van der Waals surface area contributed by atoms with Gasteiger partial charge in [-0.3, -0.25) is 9.36 Å². The minimum Gasteiger partial charge on any atom is -0.394 e. The van der Waals surface area contributed by atoms with Gasteiger partial charge in [0.25, 0.3) is 0 Å². The van der Waals surface area contributed by atoms with Crippen molar-refractivity contribution in [1.82, 2.24) is 19.5 Å². The van der Waals surface area contributed by atoms with Gasteiger partial charge in [-0.25, -0.2) is 9.97 Å². The second-order valence-electron chi connectivity index (χ2n) is 8.40. The first-order valence-electron chi connectivity index (χ1n) is 10.9. The third-order valence-electron chi connectivity index (χ3n) is 5.95. The number of rotatable bonds is 7. The predicted molar refractivity (Wildman–Crippen MR) is 130 cm³/mol. The van der Waals surface area contributed by atoms with E-state index in [0.29, 0.717) is 60.0 Å². The fourth-order valence-corrected chi connectivity index (χ4v) is 4.73. The Labute approximate surface area is 206 Å². The molecule has 3 aromatic rings. The standard InChI is InChI=1S/C22H24Cl2N8O2/c1-11(10-33)28-21-27-9-17-20(31-21)32(14-4-2-13(3-5-14)19(26)34)22(29-17)30-18-15(23)6-12(8-25)7-16(18)24/h6-7,9,11,13-14,33H,2-5,10H2,1H3,(H2,26,34)(H,29,30)(H,27,28,31)/t11-,13?,14?/m0/s1. The number of imidazole rings is 1. The Morgan fingerprint density at radius 1 is 1.29 bits per heavy atom. The number of nitriles is 1. The Morgan fingerprint density at radius 3 is 2.56 bits per heavy atom. The summed E-state index contributed by atoms with van der Waals surface area (Å²) < 4.78 is 1.97. The summed E-state index contributed by atoms with van der Waals surface area (Å²) in [5.41, 5.74) is 7.43. The van der Waals surface area contributed by atoms with Crippen molar-refractivity contribution in [3.8, 4) is 6.07 Å². The summed E-state index contributed by atoms with van der Waals surface area (Å²) in [5.74, 6) is 0.395. The smallest absolute Gasteiger partial charge is 0.225 e. The molecule has 0 bridgehead atoms. The summed E-state index contributed by atoms with van der Waals surface area (Å²) in [6.45, 7) is 1.75. The maximum Gasteiger partial charge on any atom is 0.225 e. The number of benzene rings is 1. The first-order valence-corrected chi connectivity index (χ1v) is 11.6. The first-order chi connectivity index (χ1) is 16.3. The second-order valence-corrected chi connectivity index (χ2v) is 9.21. The fourth-order valence-electron chi connectivity index (χ4n) is 4.15. The number of carbonyl (C=O) groups is 1. The van der Waals surface area contributed by atoms with Crippen molar-refractivity contribution < 1.29 is 9.90 Å². The highest BCUT2D eigenvalue weighted by molar-refractivity contribution is 6.39. The Kier molecular flexibility index (Phi) is 7.07. The lowest BCUT2D eigenvalue weighted by Crippen LogP contribution is -2.29. The van der Waals surface area contributed by atoms with Gasteiger partial charge in [0.2, 0.25) is 17.8 Å². The van der Waals surface area contributed by atoms with Gasteiger partial charge in [0.05, 0.1) is 40.2 Å². The van der Waals surface area contributed by atoms with Gasteiger partial charge in [0.15, 0.2) is 5.65 Å². The number of nitrogens with zero attached hydrogens (tertiary/aromatic N) is 5. The number of primary amides is 1. The number of amides is 1. The van der Waals surface area contributed by atoms with Gasteiger partial charge >= 0.3 is 0 Å². The van der Waals surface area contributed by atoms with Crippen molar-refractivity contribution in [2.75, 3.05) is 17.2 Å². The zero-order chi connectivity index (χ0) is 24.4. The van der Waals surface area contributed by atoms with Crippen molar-refractivity contribution in [1.29, 1.82) is 5.26 Å². The van der Waals surface area contributed by atoms with Gasteiger partial charge in [-0.2, -0.15) is 10.2 Å². The lowest BCUT2D eigenvalue weighted by molar-refractivity contribution is -0.122. The van der Waals surface area contributed by atoms with Crippen LogP contribution < -0.4 is 16.4 Å². The largest absolute Gasteiger partial charge is 0.394 e. The molecule has 0 aliphatic heterocycles. The second kappa shape index (κ2) is 10.0. The molecule has 1 atom stereocenters. The number of anilines is 3. The summed E-state index contributed by atoms with van der Waals surface area (Å²) in [5, 5.41) is 25.4. The van der Waals surface area contributed by atoms with Crippen LogP contribution in [0.4, 0.5) is 17.6 Å². The molecule has 2 heterocycles. The predicted octanol–water partition coefficient (Wildman–Crippen LogP) is 3.76. The lowest BCUT2D eigenvalue weighted by Gasteiger charge is -2.29. The molecule has 1 fully saturated rings. The van der Waals surface area contributed by atoms with Crippen LogP contribution in [0.25, 0.3) is 11.2 Å². The normalized spacial score (nSPS) is 18.9. The van der Waals surface area contributed by atoms with Crippen LogP contribution in [-0.2, 0) is 4.79 Å². The van der Waals surface area contributed by atoms with Gasteiger partial charge in [-0.05, 0) is 44.7 Å². The number of fused-ring (bicyclic) bond motifs is 1. The van der Waals surface area contributed by atoms with Gasteiger partial charge < -0.3 is 21.5 Å². The molecule has 1 saturated carbocycles. The molecule has 1 aliphatic rings. The van der Waals surface area contributed by atoms with Gasteiger partial charge in [-0.15, -0.1) is 0 Å². The maximum absolute atomic E-state index is 11.7. The van der Waals surface area contributed by atoms with E-state index in [1.54, 1.807) is 6.20 Å². The molecule has 1 aromatic carbocycles. The van der Waals surface area contributed by atoms with Crippen molar-refractivity contribution >= 4 is 57.9 Å². The van der Waals surface area contributed by atoms with E-state index in [9.17, 15) is 9.90 Å². The Balaban J connectivity index is 1.77. The molecule has 12 heteroatoms. The number of aromatic nitrogens is 4. The van der Waals surface area contributed by atoms with E-state index in [1.807, 2.05) is 17.6 Å². The van der Waals surface area contributed by atoms with E-state index in [-0.39, 0.29) is 40.6 Å². The molecule has 0 saturated heterocycles. The molecule has 1 aliphatic carbocycles. The molecule has 178 valence electrons. The molecular formula is C22H24Cl2N8O2. The van der Waals surface area contributed by atoms with Crippen LogP contribution in [0.3, 0.4) is 0 Å². The Hall–Kier alpha value is -3.13. The molecule has 34 heavy (non-hydrogen) atoms. The van der Waals surface area contributed by atoms with E-state index in [0.717, 1.165) is 0 Å².